The second kappa shape index (κ2) is 9.31. The molecule has 1 atom stereocenters. The van der Waals surface area contributed by atoms with Crippen LogP contribution in [0.25, 0.3) is 16.8 Å². The first-order valence-corrected chi connectivity index (χ1v) is 11.9. The molecule has 8 heteroatoms. The quantitative estimate of drug-likeness (QED) is 0.428. The summed E-state index contributed by atoms with van der Waals surface area (Å²) in [4.78, 5) is 20.1. The summed E-state index contributed by atoms with van der Waals surface area (Å²) in [5.41, 5.74) is 3.44. The number of benzene rings is 1. The van der Waals surface area contributed by atoms with Crippen molar-refractivity contribution in [2.24, 2.45) is 0 Å². The van der Waals surface area contributed by atoms with Crippen LogP contribution in [0.3, 0.4) is 0 Å². The number of aromatic nitrogens is 5. The molecule has 33 heavy (non-hydrogen) atoms. The smallest absolute Gasteiger partial charge is 0.277 e. The van der Waals surface area contributed by atoms with Gasteiger partial charge < -0.3 is 9.09 Å². The van der Waals surface area contributed by atoms with E-state index in [0.717, 1.165) is 30.6 Å². The van der Waals surface area contributed by atoms with Gasteiger partial charge in [0.2, 0.25) is 5.89 Å². The monoisotopic (exact) mass is 446 g/mol. The highest BCUT2D eigenvalue weighted by atomic mass is 16.5. The van der Waals surface area contributed by atoms with Gasteiger partial charge in [-0.2, -0.15) is 10.1 Å². The summed E-state index contributed by atoms with van der Waals surface area (Å²) < 4.78 is 8.74. The van der Waals surface area contributed by atoms with Crippen molar-refractivity contribution in [3.05, 3.63) is 70.4 Å². The van der Waals surface area contributed by atoms with E-state index in [-0.39, 0.29) is 12.1 Å². The van der Waals surface area contributed by atoms with Gasteiger partial charge in [-0.1, -0.05) is 49.7 Å². The first-order chi connectivity index (χ1) is 16.1. The average Bonchev–Trinajstić information content (AvgIpc) is 3.49. The summed E-state index contributed by atoms with van der Waals surface area (Å²) in [6, 6.07) is 10.7. The van der Waals surface area contributed by atoms with Gasteiger partial charge in [-0.05, 0) is 43.9 Å². The molecule has 0 radical (unpaired) electrons. The maximum atomic E-state index is 13.1. The van der Waals surface area contributed by atoms with Crippen LogP contribution in [0.1, 0.15) is 56.8 Å². The van der Waals surface area contributed by atoms with E-state index in [1.807, 2.05) is 18.2 Å². The number of fused-ring (bicyclic) bond motifs is 1. The molecule has 0 saturated carbocycles. The Kier molecular flexibility index (Phi) is 6.09. The molecule has 4 heterocycles. The van der Waals surface area contributed by atoms with Crippen molar-refractivity contribution < 1.29 is 4.52 Å². The molecular formula is C25H30N6O2. The molecule has 1 aromatic carbocycles. The number of hydrogen-bond acceptors (Lipinski definition) is 6. The van der Waals surface area contributed by atoms with Crippen LogP contribution in [0.15, 0.2) is 52.0 Å². The van der Waals surface area contributed by atoms with E-state index in [1.165, 1.54) is 24.8 Å². The van der Waals surface area contributed by atoms with E-state index in [1.54, 1.807) is 21.5 Å². The Labute approximate surface area is 192 Å². The molecule has 5 rings (SSSR count). The number of rotatable bonds is 7. The Morgan fingerprint density at radius 3 is 2.73 bits per heavy atom. The average molecular weight is 447 g/mol. The summed E-state index contributed by atoms with van der Waals surface area (Å²) in [6.45, 7) is 6.36. The van der Waals surface area contributed by atoms with Gasteiger partial charge in [-0.3, -0.25) is 9.69 Å². The lowest BCUT2D eigenvalue weighted by Crippen LogP contribution is -2.38. The Hall–Kier alpha value is -3.26. The molecule has 3 aromatic heterocycles. The molecule has 1 fully saturated rings. The third kappa shape index (κ3) is 4.48. The van der Waals surface area contributed by atoms with E-state index in [2.05, 4.69) is 46.1 Å². The van der Waals surface area contributed by atoms with E-state index < -0.39 is 0 Å². The summed E-state index contributed by atoms with van der Waals surface area (Å²) in [7, 11) is 0. The fraction of sp³-hybridized carbons (Fsp3) is 0.440. The minimum Gasteiger partial charge on any atom is -0.338 e. The maximum Gasteiger partial charge on any atom is 0.277 e. The van der Waals surface area contributed by atoms with Gasteiger partial charge in [-0.15, -0.1) is 0 Å². The minimum atomic E-state index is -0.130. The largest absolute Gasteiger partial charge is 0.338 e. The third-order valence-corrected chi connectivity index (χ3v) is 6.64. The molecule has 1 saturated heterocycles. The van der Waals surface area contributed by atoms with E-state index in [9.17, 15) is 4.79 Å². The SMILES string of the molecule is CCc1ccc(-c2cc3c(=O)n(Cc4noc(CN5CCCCC5CC)n4)ccn3n2)cc1. The Balaban J connectivity index is 1.34. The predicted octanol–water partition coefficient (Wildman–Crippen LogP) is 3.92. The zero-order valence-electron chi connectivity index (χ0n) is 19.3. The highest BCUT2D eigenvalue weighted by Crippen LogP contribution is 2.22. The van der Waals surface area contributed by atoms with Crippen LogP contribution in [0.4, 0.5) is 0 Å². The number of nitrogens with zero attached hydrogens (tertiary/aromatic N) is 6. The molecular weight excluding hydrogens is 416 g/mol. The number of likely N-dealkylation sites (tertiary alicyclic amines) is 1. The molecule has 1 unspecified atom stereocenters. The van der Waals surface area contributed by atoms with Crippen molar-refractivity contribution in [2.75, 3.05) is 6.54 Å². The van der Waals surface area contributed by atoms with Crippen molar-refractivity contribution >= 4 is 5.52 Å². The topological polar surface area (TPSA) is 81.5 Å². The first-order valence-electron chi connectivity index (χ1n) is 11.9. The van der Waals surface area contributed by atoms with Crippen LogP contribution in [0.2, 0.25) is 0 Å². The number of piperidine rings is 1. The molecule has 4 aromatic rings. The molecule has 8 nitrogen and oxygen atoms in total. The zero-order chi connectivity index (χ0) is 22.8. The normalized spacial score (nSPS) is 17.1. The van der Waals surface area contributed by atoms with E-state index in [4.69, 9.17) is 4.52 Å². The molecule has 1 aliphatic rings. The van der Waals surface area contributed by atoms with Crippen LogP contribution in [-0.4, -0.2) is 41.8 Å². The second-order valence-corrected chi connectivity index (χ2v) is 8.77. The third-order valence-electron chi connectivity index (χ3n) is 6.64. The van der Waals surface area contributed by atoms with Crippen molar-refractivity contribution in [1.29, 1.82) is 0 Å². The van der Waals surface area contributed by atoms with Gasteiger partial charge in [0, 0.05) is 24.0 Å². The van der Waals surface area contributed by atoms with Gasteiger partial charge in [0.15, 0.2) is 5.82 Å². The van der Waals surface area contributed by atoms with Gasteiger partial charge in [-0.25, -0.2) is 4.52 Å². The second-order valence-electron chi connectivity index (χ2n) is 8.77. The summed E-state index contributed by atoms with van der Waals surface area (Å²) in [5.74, 6) is 1.12. The Bertz CT molecular complexity index is 1290. The molecule has 0 N–H and O–H groups in total. The summed E-state index contributed by atoms with van der Waals surface area (Å²) in [5, 5.41) is 8.70. The van der Waals surface area contributed by atoms with Crippen molar-refractivity contribution in [1.82, 2.24) is 29.2 Å². The Morgan fingerprint density at radius 1 is 1.09 bits per heavy atom. The van der Waals surface area contributed by atoms with Gasteiger partial charge in [0.25, 0.3) is 5.56 Å². The number of aryl methyl sites for hydroxylation is 1. The molecule has 0 amide bonds. The lowest BCUT2D eigenvalue weighted by Gasteiger charge is -2.33. The fourth-order valence-corrected chi connectivity index (χ4v) is 4.68. The predicted molar refractivity (Wildman–Crippen MR) is 126 cm³/mol. The zero-order valence-corrected chi connectivity index (χ0v) is 19.3. The van der Waals surface area contributed by atoms with Gasteiger partial charge >= 0.3 is 0 Å². The van der Waals surface area contributed by atoms with Crippen LogP contribution in [-0.2, 0) is 19.5 Å². The van der Waals surface area contributed by atoms with Gasteiger partial charge in [0.05, 0.1) is 18.8 Å². The van der Waals surface area contributed by atoms with Crippen molar-refractivity contribution in [3.8, 4) is 11.3 Å². The van der Waals surface area contributed by atoms with Crippen LogP contribution in [0.5, 0.6) is 0 Å². The van der Waals surface area contributed by atoms with Crippen molar-refractivity contribution in [2.45, 2.75) is 65.1 Å². The van der Waals surface area contributed by atoms with Crippen molar-refractivity contribution in [3.63, 3.8) is 0 Å². The van der Waals surface area contributed by atoms with E-state index in [0.29, 0.717) is 29.8 Å². The Morgan fingerprint density at radius 2 is 1.94 bits per heavy atom. The highest BCUT2D eigenvalue weighted by Gasteiger charge is 2.23. The van der Waals surface area contributed by atoms with Gasteiger partial charge in [0.1, 0.15) is 5.52 Å². The lowest BCUT2D eigenvalue weighted by atomic mass is 10.0. The highest BCUT2D eigenvalue weighted by molar-refractivity contribution is 5.65. The van der Waals surface area contributed by atoms with Crippen LogP contribution >= 0.6 is 0 Å². The summed E-state index contributed by atoms with van der Waals surface area (Å²) >= 11 is 0. The standard InChI is InChI=1S/C25H30N6O2/c1-3-18-8-10-19(11-9-18)21-15-22-25(32)30(13-14-31(22)27-21)16-23-26-24(33-28-23)17-29-12-6-5-7-20(29)4-2/h8-11,13-15,20H,3-7,12,16-17H2,1-2H3. The fourth-order valence-electron chi connectivity index (χ4n) is 4.68. The molecule has 172 valence electrons. The molecule has 1 aliphatic heterocycles. The van der Waals surface area contributed by atoms with Crippen LogP contribution < -0.4 is 5.56 Å². The molecule has 0 bridgehead atoms. The maximum absolute atomic E-state index is 13.1. The van der Waals surface area contributed by atoms with E-state index >= 15 is 0 Å². The first kappa shape index (κ1) is 21.6. The lowest BCUT2D eigenvalue weighted by molar-refractivity contribution is 0.120. The van der Waals surface area contributed by atoms with Crippen LogP contribution in [0, 0.1) is 0 Å². The number of hydrogen-bond donors (Lipinski definition) is 0. The summed E-state index contributed by atoms with van der Waals surface area (Å²) in [6.07, 6.45) is 9.36. The molecule has 0 spiro atoms. The molecule has 0 aliphatic carbocycles. The minimum absolute atomic E-state index is 0.130.